The summed E-state index contributed by atoms with van der Waals surface area (Å²) in [6.45, 7) is 1.05. The smallest absolute Gasteiger partial charge is 0.291 e. The Labute approximate surface area is 170 Å². The summed E-state index contributed by atoms with van der Waals surface area (Å²) in [4.78, 5) is 33.5. The maximum absolute atomic E-state index is 13.7. The lowest BCUT2D eigenvalue weighted by molar-refractivity contribution is -0.00660. The lowest BCUT2D eigenvalue weighted by Gasteiger charge is -2.47. The third kappa shape index (κ3) is 2.07. The van der Waals surface area contributed by atoms with Gasteiger partial charge in [0.25, 0.3) is 11.8 Å². The van der Waals surface area contributed by atoms with E-state index in [2.05, 4.69) is 4.98 Å². The van der Waals surface area contributed by atoms with Crippen molar-refractivity contribution in [2.45, 2.75) is 12.2 Å². The van der Waals surface area contributed by atoms with Crippen molar-refractivity contribution in [3.63, 3.8) is 0 Å². The number of nitrogens with one attached hydrogen (secondary N) is 1. The summed E-state index contributed by atoms with van der Waals surface area (Å²) in [7, 11) is 0. The zero-order valence-corrected chi connectivity index (χ0v) is 15.8. The van der Waals surface area contributed by atoms with Gasteiger partial charge in [-0.3, -0.25) is 9.59 Å². The molecule has 1 unspecified atom stereocenters. The molecule has 5 heterocycles. The van der Waals surface area contributed by atoms with E-state index in [0.29, 0.717) is 30.9 Å². The Morgan fingerprint density at radius 2 is 1.97 bits per heavy atom. The van der Waals surface area contributed by atoms with Crippen LogP contribution in [-0.2, 0) is 12.2 Å². The van der Waals surface area contributed by atoms with Gasteiger partial charge < -0.3 is 23.8 Å². The van der Waals surface area contributed by atoms with E-state index in [4.69, 9.17) is 4.42 Å². The van der Waals surface area contributed by atoms with Crippen molar-refractivity contribution in [1.29, 1.82) is 0 Å². The van der Waals surface area contributed by atoms with Gasteiger partial charge in [0.15, 0.2) is 11.4 Å². The highest BCUT2D eigenvalue weighted by Crippen LogP contribution is 2.44. The Kier molecular flexibility index (Phi) is 3.33. The summed E-state index contributed by atoms with van der Waals surface area (Å²) in [5.74, 6) is -0.642. The summed E-state index contributed by atoms with van der Waals surface area (Å²) < 4.78 is 21.0. The molecule has 8 heteroatoms. The summed E-state index contributed by atoms with van der Waals surface area (Å²) in [6, 6.07) is 13.0. The molecule has 0 spiro atoms. The summed E-state index contributed by atoms with van der Waals surface area (Å²) in [5.41, 5.74) is 0.978. The SMILES string of the molecule is O=C(c1ccco1)N1CCN2C(=O)c3cc4cc[nH]c4n3CC12c1ccc(F)cc1. The third-order valence-corrected chi connectivity index (χ3v) is 6.18. The zero-order chi connectivity index (χ0) is 20.5. The first-order valence-electron chi connectivity index (χ1n) is 9.70. The van der Waals surface area contributed by atoms with E-state index in [9.17, 15) is 14.0 Å². The second-order valence-corrected chi connectivity index (χ2v) is 7.61. The molecule has 7 nitrogen and oxygen atoms in total. The number of hydrogen-bond acceptors (Lipinski definition) is 3. The topological polar surface area (TPSA) is 74.5 Å². The van der Waals surface area contributed by atoms with Crippen LogP contribution in [0.1, 0.15) is 26.6 Å². The fourth-order valence-electron chi connectivity index (χ4n) is 4.85. The van der Waals surface area contributed by atoms with E-state index < -0.39 is 5.66 Å². The van der Waals surface area contributed by atoms with Crippen LogP contribution >= 0.6 is 0 Å². The molecule has 0 saturated carbocycles. The van der Waals surface area contributed by atoms with Crippen molar-refractivity contribution in [2.24, 2.45) is 0 Å². The van der Waals surface area contributed by atoms with Gasteiger partial charge in [-0.2, -0.15) is 0 Å². The minimum Gasteiger partial charge on any atom is -0.459 e. The molecule has 3 aromatic heterocycles. The van der Waals surface area contributed by atoms with Gasteiger partial charge in [0, 0.05) is 30.2 Å². The lowest BCUT2D eigenvalue weighted by atomic mass is 9.94. The third-order valence-electron chi connectivity index (χ3n) is 6.18. The van der Waals surface area contributed by atoms with E-state index in [0.717, 1.165) is 11.0 Å². The van der Waals surface area contributed by atoms with Crippen LogP contribution in [0.15, 0.2) is 65.4 Å². The zero-order valence-electron chi connectivity index (χ0n) is 15.8. The van der Waals surface area contributed by atoms with Gasteiger partial charge in [-0.25, -0.2) is 4.39 Å². The molecule has 150 valence electrons. The van der Waals surface area contributed by atoms with Gasteiger partial charge in [-0.05, 0) is 36.4 Å². The summed E-state index contributed by atoms with van der Waals surface area (Å²) in [5, 5.41) is 0.928. The molecule has 1 atom stereocenters. The van der Waals surface area contributed by atoms with E-state index in [1.54, 1.807) is 34.1 Å². The molecule has 0 bridgehead atoms. The first-order valence-corrected chi connectivity index (χ1v) is 9.70. The fourth-order valence-corrected chi connectivity index (χ4v) is 4.85. The number of aromatic amines is 1. The molecule has 1 N–H and O–H groups in total. The van der Waals surface area contributed by atoms with Crippen LogP contribution in [0, 0.1) is 5.82 Å². The van der Waals surface area contributed by atoms with Gasteiger partial charge in [-0.15, -0.1) is 0 Å². The number of rotatable bonds is 2. The maximum Gasteiger partial charge on any atom is 0.291 e. The number of benzene rings is 1. The predicted octanol–water partition coefficient (Wildman–Crippen LogP) is 3.17. The van der Waals surface area contributed by atoms with Crippen LogP contribution in [-0.4, -0.2) is 44.3 Å². The molecule has 1 fully saturated rings. The molecule has 0 radical (unpaired) electrons. The average molecular weight is 404 g/mol. The van der Waals surface area contributed by atoms with Crippen LogP contribution in [0.4, 0.5) is 4.39 Å². The molecular formula is C22H17FN4O3. The Balaban J connectivity index is 1.59. The van der Waals surface area contributed by atoms with Crippen LogP contribution in [0.5, 0.6) is 0 Å². The van der Waals surface area contributed by atoms with E-state index >= 15 is 0 Å². The van der Waals surface area contributed by atoms with E-state index in [1.807, 2.05) is 22.9 Å². The standard InChI is InChI=1S/C22H17FN4O3/c23-16-5-3-15(4-6-16)22-13-25-17(12-14-7-8-24-19(14)25)20(28)26(22)9-10-27(22)21(29)18-2-1-11-30-18/h1-8,11-12,24H,9-10,13H2. The number of H-pyrrole nitrogens is 1. The van der Waals surface area contributed by atoms with Crippen molar-refractivity contribution in [3.8, 4) is 0 Å². The molecule has 1 saturated heterocycles. The Hall–Kier alpha value is -3.81. The van der Waals surface area contributed by atoms with Crippen LogP contribution in [0.3, 0.4) is 0 Å². The maximum atomic E-state index is 13.7. The van der Waals surface area contributed by atoms with Crippen LogP contribution in [0.2, 0.25) is 0 Å². The molecule has 4 aromatic rings. The van der Waals surface area contributed by atoms with Crippen LogP contribution in [0.25, 0.3) is 11.0 Å². The van der Waals surface area contributed by atoms with Gasteiger partial charge in [0.2, 0.25) is 0 Å². The fraction of sp³-hybridized carbons (Fsp3) is 0.182. The van der Waals surface area contributed by atoms with E-state index in [1.165, 1.54) is 18.4 Å². The van der Waals surface area contributed by atoms with Crippen molar-refractivity contribution < 1.29 is 18.4 Å². The predicted molar refractivity (Wildman–Crippen MR) is 105 cm³/mol. The highest BCUT2D eigenvalue weighted by Gasteiger charge is 2.56. The molecule has 2 aliphatic heterocycles. The number of halogens is 1. The number of amides is 2. The Morgan fingerprint density at radius 1 is 1.13 bits per heavy atom. The Bertz CT molecular complexity index is 1290. The Morgan fingerprint density at radius 3 is 2.73 bits per heavy atom. The lowest BCUT2D eigenvalue weighted by Crippen LogP contribution is -2.60. The first kappa shape index (κ1) is 17.1. The number of nitrogens with zero attached hydrogens (tertiary/aromatic N) is 3. The summed E-state index contributed by atoms with van der Waals surface area (Å²) >= 11 is 0. The van der Waals surface area contributed by atoms with Gasteiger partial charge in [0.1, 0.15) is 17.2 Å². The quantitative estimate of drug-likeness (QED) is 0.558. The average Bonchev–Trinajstić information content (AvgIpc) is 3.52. The number of aromatic nitrogens is 2. The number of carbonyl (C=O) groups is 2. The van der Waals surface area contributed by atoms with Crippen molar-refractivity contribution >= 4 is 22.8 Å². The van der Waals surface area contributed by atoms with Crippen molar-refractivity contribution in [2.75, 3.05) is 13.1 Å². The normalized spacial score (nSPS) is 20.6. The van der Waals surface area contributed by atoms with Gasteiger partial charge in [-0.1, -0.05) is 12.1 Å². The highest BCUT2D eigenvalue weighted by molar-refractivity contribution is 6.01. The largest absolute Gasteiger partial charge is 0.459 e. The second-order valence-electron chi connectivity index (χ2n) is 7.61. The van der Waals surface area contributed by atoms with Gasteiger partial charge in [0.05, 0.1) is 12.8 Å². The number of furan rings is 1. The van der Waals surface area contributed by atoms with Crippen molar-refractivity contribution in [1.82, 2.24) is 19.4 Å². The van der Waals surface area contributed by atoms with Gasteiger partial charge >= 0.3 is 0 Å². The summed E-state index contributed by atoms with van der Waals surface area (Å²) in [6.07, 6.45) is 3.27. The van der Waals surface area contributed by atoms with Crippen molar-refractivity contribution in [3.05, 3.63) is 83.8 Å². The molecular weight excluding hydrogens is 387 g/mol. The molecule has 6 rings (SSSR count). The van der Waals surface area contributed by atoms with Crippen LogP contribution < -0.4 is 0 Å². The number of carbonyl (C=O) groups excluding carboxylic acids is 2. The minimum absolute atomic E-state index is 0.162. The number of fused-ring (bicyclic) bond motifs is 4. The molecule has 2 amide bonds. The second kappa shape index (κ2) is 5.85. The molecule has 1 aromatic carbocycles. The molecule has 2 aliphatic rings. The highest BCUT2D eigenvalue weighted by atomic mass is 19.1. The number of hydrogen-bond donors (Lipinski definition) is 1. The molecule has 0 aliphatic carbocycles. The first-order chi connectivity index (χ1) is 14.6. The molecule has 30 heavy (non-hydrogen) atoms. The monoisotopic (exact) mass is 404 g/mol. The van der Waals surface area contributed by atoms with E-state index in [-0.39, 0.29) is 23.4 Å². The minimum atomic E-state index is -1.08.